The van der Waals surface area contributed by atoms with E-state index in [0.29, 0.717) is 19.1 Å². The van der Waals surface area contributed by atoms with Gasteiger partial charge in [0.05, 0.1) is 25.3 Å². The van der Waals surface area contributed by atoms with E-state index in [1.165, 1.54) is 0 Å². The van der Waals surface area contributed by atoms with Gasteiger partial charge in [0.2, 0.25) is 5.91 Å². The van der Waals surface area contributed by atoms with Crippen LogP contribution in [0.25, 0.3) is 0 Å². The molecule has 1 amide bonds. The fourth-order valence-corrected chi connectivity index (χ4v) is 3.18. The van der Waals surface area contributed by atoms with Gasteiger partial charge in [-0.1, -0.05) is 6.07 Å². The minimum absolute atomic E-state index is 0.0408. The van der Waals surface area contributed by atoms with Crippen molar-refractivity contribution in [3.05, 3.63) is 41.7 Å². The quantitative estimate of drug-likeness (QED) is 0.858. The van der Waals surface area contributed by atoms with E-state index >= 15 is 0 Å². The van der Waals surface area contributed by atoms with Crippen LogP contribution in [0.5, 0.6) is 0 Å². The second-order valence-electron chi connectivity index (χ2n) is 6.25. The van der Waals surface area contributed by atoms with Gasteiger partial charge < -0.3 is 5.32 Å². The van der Waals surface area contributed by atoms with Crippen LogP contribution in [-0.4, -0.2) is 49.7 Å². The van der Waals surface area contributed by atoms with Crippen molar-refractivity contribution >= 4 is 5.91 Å². The van der Waals surface area contributed by atoms with Gasteiger partial charge in [0.25, 0.3) is 0 Å². The molecular weight excluding hydrogens is 304 g/mol. The van der Waals surface area contributed by atoms with E-state index in [-0.39, 0.29) is 5.91 Å². The smallest absolute Gasteiger partial charge is 0.234 e. The van der Waals surface area contributed by atoms with E-state index in [0.717, 1.165) is 43.3 Å². The molecule has 1 atom stereocenters. The number of aromatic nitrogens is 4. The number of likely N-dealkylation sites (tertiary alicyclic amines) is 1. The Morgan fingerprint density at radius 1 is 1.38 bits per heavy atom. The van der Waals surface area contributed by atoms with Crippen molar-refractivity contribution in [1.29, 1.82) is 0 Å². The van der Waals surface area contributed by atoms with Crippen molar-refractivity contribution in [2.24, 2.45) is 0 Å². The van der Waals surface area contributed by atoms with E-state index in [1.54, 1.807) is 6.20 Å². The summed E-state index contributed by atoms with van der Waals surface area (Å²) in [5, 5.41) is 7.38. The molecule has 128 valence electrons. The number of rotatable bonds is 6. The van der Waals surface area contributed by atoms with Gasteiger partial charge in [-0.15, -0.1) is 0 Å². The molecule has 3 heterocycles. The molecule has 7 heteroatoms. The summed E-state index contributed by atoms with van der Waals surface area (Å²) in [5.74, 6) is 1.77. The van der Waals surface area contributed by atoms with Gasteiger partial charge in [-0.3, -0.25) is 14.7 Å². The van der Waals surface area contributed by atoms with E-state index in [4.69, 9.17) is 0 Å². The highest BCUT2D eigenvalue weighted by Crippen LogP contribution is 2.18. The Hall–Kier alpha value is -2.28. The van der Waals surface area contributed by atoms with Crippen molar-refractivity contribution < 1.29 is 4.79 Å². The maximum Gasteiger partial charge on any atom is 0.234 e. The van der Waals surface area contributed by atoms with Crippen LogP contribution < -0.4 is 5.32 Å². The zero-order chi connectivity index (χ0) is 16.9. The molecular formula is C17H24N6O. The molecule has 1 aliphatic heterocycles. The van der Waals surface area contributed by atoms with Crippen LogP contribution >= 0.6 is 0 Å². The van der Waals surface area contributed by atoms with Gasteiger partial charge in [-0.25, -0.2) is 9.67 Å². The summed E-state index contributed by atoms with van der Waals surface area (Å²) in [6, 6.07) is 6.04. The third-order valence-electron chi connectivity index (χ3n) is 4.38. The third kappa shape index (κ3) is 4.17. The molecule has 1 N–H and O–H groups in total. The highest BCUT2D eigenvalue weighted by Gasteiger charge is 2.27. The minimum Gasteiger partial charge on any atom is -0.349 e. The van der Waals surface area contributed by atoms with Crippen LogP contribution in [0.2, 0.25) is 0 Å². The number of carbonyl (C=O) groups excluding carboxylic acids is 1. The Bertz CT molecular complexity index is 684. The first-order valence-electron chi connectivity index (χ1n) is 8.40. The highest BCUT2D eigenvalue weighted by molar-refractivity contribution is 5.78. The Balaban J connectivity index is 1.52. The SMILES string of the molecule is Cc1nc(C)n(CC2CCCN2CC(=O)NCc2ccccn2)n1. The molecule has 2 aromatic heterocycles. The molecule has 0 radical (unpaired) electrons. The number of pyridine rings is 1. The minimum atomic E-state index is 0.0408. The lowest BCUT2D eigenvalue weighted by molar-refractivity contribution is -0.122. The van der Waals surface area contributed by atoms with Crippen LogP contribution in [0.1, 0.15) is 30.2 Å². The standard InChI is InChI=1S/C17H24N6O/c1-13-20-14(2)23(21-13)11-16-7-5-9-22(16)12-17(24)19-10-15-6-3-4-8-18-15/h3-4,6,8,16H,5,7,9-12H2,1-2H3,(H,19,24). The molecule has 1 saturated heterocycles. The van der Waals surface area contributed by atoms with Gasteiger partial charge in [0.1, 0.15) is 11.6 Å². The predicted octanol–water partition coefficient (Wildman–Crippen LogP) is 1.07. The van der Waals surface area contributed by atoms with Crippen molar-refractivity contribution in [1.82, 2.24) is 30.0 Å². The molecule has 1 aliphatic rings. The summed E-state index contributed by atoms with van der Waals surface area (Å²) >= 11 is 0. The van der Waals surface area contributed by atoms with E-state index in [1.807, 2.05) is 36.7 Å². The summed E-state index contributed by atoms with van der Waals surface area (Å²) in [4.78, 5) is 23.0. The van der Waals surface area contributed by atoms with Crippen LogP contribution in [-0.2, 0) is 17.9 Å². The fourth-order valence-electron chi connectivity index (χ4n) is 3.18. The number of hydrogen-bond donors (Lipinski definition) is 1. The number of carbonyl (C=O) groups is 1. The maximum absolute atomic E-state index is 12.2. The zero-order valence-electron chi connectivity index (χ0n) is 14.3. The molecule has 7 nitrogen and oxygen atoms in total. The maximum atomic E-state index is 12.2. The summed E-state index contributed by atoms with van der Waals surface area (Å²) in [6.07, 6.45) is 3.94. The number of hydrogen-bond acceptors (Lipinski definition) is 5. The normalized spacial score (nSPS) is 18.0. The van der Waals surface area contributed by atoms with Crippen LogP contribution in [0.3, 0.4) is 0 Å². The Morgan fingerprint density at radius 2 is 2.25 bits per heavy atom. The molecule has 0 aromatic carbocycles. The molecule has 1 fully saturated rings. The van der Waals surface area contributed by atoms with Crippen molar-refractivity contribution in [3.63, 3.8) is 0 Å². The molecule has 1 unspecified atom stereocenters. The highest BCUT2D eigenvalue weighted by atomic mass is 16.2. The van der Waals surface area contributed by atoms with E-state index in [9.17, 15) is 4.79 Å². The van der Waals surface area contributed by atoms with E-state index < -0.39 is 0 Å². The first kappa shape index (κ1) is 16.6. The first-order chi connectivity index (χ1) is 11.6. The summed E-state index contributed by atoms with van der Waals surface area (Å²) in [5.41, 5.74) is 0.873. The van der Waals surface area contributed by atoms with Crippen molar-refractivity contribution in [3.8, 4) is 0 Å². The van der Waals surface area contributed by atoms with Gasteiger partial charge in [-0.2, -0.15) is 5.10 Å². The first-order valence-corrected chi connectivity index (χ1v) is 8.40. The number of nitrogens with zero attached hydrogens (tertiary/aromatic N) is 5. The average molecular weight is 328 g/mol. The Morgan fingerprint density at radius 3 is 2.96 bits per heavy atom. The number of nitrogens with one attached hydrogen (secondary N) is 1. The van der Waals surface area contributed by atoms with Gasteiger partial charge >= 0.3 is 0 Å². The van der Waals surface area contributed by atoms with Gasteiger partial charge in [0, 0.05) is 12.2 Å². The predicted molar refractivity (Wildman–Crippen MR) is 90.2 cm³/mol. The molecule has 0 saturated carbocycles. The van der Waals surface area contributed by atoms with Crippen LogP contribution in [0.15, 0.2) is 24.4 Å². The van der Waals surface area contributed by atoms with Crippen LogP contribution in [0.4, 0.5) is 0 Å². The largest absolute Gasteiger partial charge is 0.349 e. The molecule has 0 bridgehead atoms. The molecule has 2 aromatic rings. The topological polar surface area (TPSA) is 75.9 Å². The number of amides is 1. The molecule has 3 rings (SSSR count). The Kier molecular flexibility index (Phi) is 5.20. The average Bonchev–Trinajstić information content (AvgIpc) is 3.13. The zero-order valence-corrected chi connectivity index (χ0v) is 14.3. The molecule has 0 aliphatic carbocycles. The summed E-state index contributed by atoms with van der Waals surface area (Å²) < 4.78 is 1.95. The molecule has 24 heavy (non-hydrogen) atoms. The lowest BCUT2D eigenvalue weighted by Gasteiger charge is -2.24. The monoisotopic (exact) mass is 328 g/mol. The second kappa shape index (κ2) is 7.53. The van der Waals surface area contributed by atoms with Crippen LogP contribution in [0, 0.1) is 13.8 Å². The van der Waals surface area contributed by atoms with Crippen molar-refractivity contribution in [2.45, 2.75) is 45.8 Å². The fraction of sp³-hybridized carbons (Fsp3) is 0.529. The second-order valence-corrected chi connectivity index (χ2v) is 6.25. The lowest BCUT2D eigenvalue weighted by Crippen LogP contribution is -2.41. The summed E-state index contributed by atoms with van der Waals surface area (Å²) in [7, 11) is 0. The van der Waals surface area contributed by atoms with Crippen molar-refractivity contribution in [2.75, 3.05) is 13.1 Å². The third-order valence-corrected chi connectivity index (χ3v) is 4.38. The summed E-state index contributed by atoms with van der Waals surface area (Å²) in [6.45, 7) is 6.51. The Labute approximate surface area is 142 Å². The lowest BCUT2D eigenvalue weighted by atomic mass is 10.2. The van der Waals surface area contributed by atoms with E-state index in [2.05, 4.69) is 25.3 Å². The molecule has 0 spiro atoms. The number of aryl methyl sites for hydroxylation is 2. The van der Waals surface area contributed by atoms with Gasteiger partial charge in [-0.05, 0) is 45.4 Å². The van der Waals surface area contributed by atoms with Gasteiger partial charge in [0.15, 0.2) is 0 Å².